The Kier molecular flexibility index (Phi) is 5.34. The monoisotopic (exact) mass is 430 g/mol. The molecule has 1 saturated heterocycles. The quantitative estimate of drug-likeness (QED) is 0.590. The van der Waals surface area contributed by atoms with Crippen LogP contribution >= 0.6 is 0 Å². The third-order valence-electron chi connectivity index (χ3n) is 5.54. The van der Waals surface area contributed by atoms with Gasteiger partial charge in [-0.3, -0.25) is 9.59 Å². The molecule has 2 heterocycles. The lowest BCUT2D eigenvalue weighted by Gasteiger charge is -2.35. The molecule has 0 saturated carbocycles. The number of amides is 2. The molecule has 1 aliphatic heterocycles. The third-order valence-corrected chi connectivity index (χ3v) is 5.54. The van der Waals surface area contributed by atoms with E-state index in [0.29, 0.717) is 17.6 Å². The maximum absolute atomic E-state index is 12.7. The number of carbonyl (C=O) groups is 2. The van der Waals surface area contributed by atoms with Crippen molar-refractivity contribution in [2.75, 3.05) is 18.0 Å². The van der Waals surface area contributed by atoms with Crippen LogP contribution in [0.25, 0.3) is 10.9 Å². The lowest BCUT2D eigenvalue weighted by atomic mass is 10.0. The molecule has 1 aliphatic rings. The highest BCUT2D eigenvalue weighted by Crippen LogP contribution is 2.31. The average Bonchev–Trinajstić information content (AvgIpc) is 3.22. The van der Waals surface area contributed by atoms with E-state index in [0.717, 1.165) is 42.6 Å². The molecule has 1 atom stereocenters. The summed E-state index contributed by atoms with van der Waals surface area (Å²) in [4.78, 5) is 29.4. The molecule has 4 N–H and O–H groups in total. The van der Waals surface area contributed by atoms with Gasteiger partial charge in [-0.15, -0.1) is 0 Å². The first-order chi connectivity index (χ1) is 14.7. The van der Waals surface area contributed by atoms with Gasteiger partial charge in [0.15, 0.2) is 0 Å². The summed E-state index contributed by atoms with van der Waals surface area (Å²) in [6.45, 7) is 1.32. The van der Waals surface area contributed by atoms with Crippen molar-refractivity contribution in [2.24, 2.45) is 5.73 Å². The second-order valence-electron chi connectivity index (χ2n) is 7.60. The highest BCUT2D eigenvalue weighted by Gasteiger charge is 2.30. The van der Waals surface area contributed by atoms with Crippen molar-refractivity contribution in [1.29, 1.82) is 0 Å². The maximum Gasteiger partial charge on any atom is 0.416 e. The number of piperidine rings is 1. The van der Waals surface area contributed by atoms with Gasteiger partial charge in [0.25, 0.3) is 11.8 Å². The van der Waals surface area contributed by atoms with Crippen molar-refractivity contribution in [3.05, 3.63) is 65.4 Å². The zero-order valence-corrected chi connectivity index (χ0v) is 16.5. The number of alkyl halides is 3. The Hall–Kier alpha value is -3.49. The Morgan fingerprint density at radius 1 is 1.10 bits per heavy atom. The van der Waals surface area contributed by atoms with Crippen LogP contribution in [-0.2, 0) is 6.18 Å². The summed E-state index contributed by atoms with van der Waals surface area (Å²) in [5, 5.41) is 3.79. The molecule has 4 rings (SSSR count). The van der Waals surface area contributed by atoms with Crippen molar-refractivity contribution in [2.45, 2.75) is 25.1 Å². The van der Waals surface area contributed by atoms with Gasteiger partial charge < -0.3 is 20.9 Å². The smallest absolute Gasteiger partial charge is 0.369 e. The van der Waals surface area contributed by atoms with Crippen molar-refractivity contribution in [3.63, 3.8) is 0 Å². The molecular formula is C22H21F3N4O2. The van der Waals surface area contributed by atoms with E-state index in [1.807, 2.05) is 12.1 Å². The normalized spacial score (nSPS) is 17.0. The second kappa shape index (κ2) is 7.98. The Morgan fingerprint density at radius 3 is 2.52 bits per heavy atom. The molecule has 9 heteroatoms. The van der Waals surface area contributed by atoms with Gasteiger partial charge in [0.1, 0.15) is 0 Å². The van der Waals surface area contributed by atoms with Gasteiger partial charge in [0.05, 0.1) is 16.6 Å². The number of nitrogens with one attached hydrogen (secondary N) is 2. The van der Waals surface area contributed by atoms with Gasteiger partial charge in [-0.2, -0.15) is 13.2 Å². The third kappa shape index (κ3) is 4.21. The van der Waals surface area contributed by atoms with Crippen LogP contribution in [0.15, 0.2) is 48.7 Å². The number of nitrogens with two attached hydrogens (primary N) is 1. The fourth-order valence-electron chi connectivity index (χ4n) is 4.02. The van der Waals surface area contributed by atoms with Crippen LogP contribution in [0.3, 0.4) is 0 Å². The van der Waals surface area contributed by atoms with Crippen molar-refractivity contribution >= 4 is 28.4 Å². The summed E-state index contributed by atoms with van der Waals surface area (Å²) in [5.74, 6) is -0.921. The van der Waals surface area contributed by atoms with Crippen LogP contribution in [0.1, 0.15) is 39.1 Å². The minimum absolute atomic E-state index is 0.159. The Bertz CT molecular complexity index is 1120. The highest BCUT2D eigenvalue weighted by molar-refractivity contribution is 6.08. The van der Waals surface area contributed by atoms with E-state index in [2.05, 4.69) is 15.2 Å². The van der Waals surface area contributed by atoms with E-state index in [1.54, 1.807) is 12.3 Å². The number of aromatic amines is 1. The maximum atomic E-state index is 12.7. The van der Waals surface area contributed by atoms with Gasteiger partial charge in [-0.05, 0) is 55.3 Å². The van der Waals surface area contributed by atoms with Crippen LogP contribution in [0, 0.1) is 0 Å². The number of benzene rings is 2. The molecule has 162 valence electrons. The number of carbonyl (C=O) groups excluding carboxylic acids is 2. The van der Waals surface area contributed by atoms with E-state index in [1.165, 1.54) is 12.1 Å². The molecule has 3 aromatic rings. The predicted octanol–water partition coefficient (Wildman–Crippen LogP) is 3.68. The summed E-state index contributed by atoms with van der Waals surface area (Å²) < 4.78 is 38.2. The Morgan fingerprint density at radius 2 is 1.84 bits per heavy atom. The van der Waals surface area contributed by atoms with E-state index in [9.17, 15) is 22.8 Å². The van der Waals surface area contributed by atoms with Crippen LogP contribution in [0.2, 0.25) is 0 Å². The zero-order chi connectivity index (χ0) is 22.2. The molecule has 31 heavy (non-hydrogen) atoms. The minimum Gasteiger partial charge on any atom is -0.369 e. The van der Waals surface area contributed by atoms with Gasteiger partial charge >= 0.3 is 6.18 Å². The van der Waals surface area contributed by atoms with E-state index >= 15 is 0 Å². The van der Waals surface area contributed by atoms with E-state index < -0.39 is 23.6 Å². The summed E-state index contributed by atoms with van der Waals surface area (Å²) >= 11 is 0. The highest BCUT2D eigenvalue weighted by atomic mass is 19.4. The average molecular weight is 430 g/mol. The van der Waals surface area contributed by atoms with Crippen molar-refractivity contribution < 1.29 is 22.8 Å². The topological polar surface area (TPSA) is 91.2 Å². The van der Waals surface area contributed by atoms with Gasteiger partial charge in [-0.1, -0.05) is 0 Å². The summed E-state index contributed by atoms with van der Waals surface area (Å²) in [6.07, 6.45) is -1.10. The number of hydrogen-bond acceptors (Lipinski definition) is 3. The predicted molar refractivity (Wildman–Crippen MR) is 111 cm³/mol. The standard InChI is InChI=1S/C22H21F3N4O2/c23-22(24,25)14-5-3-13(4-6-14)21(31)28-15-2-1-11-29(12-15)18-8-7-17(20(26)30)19-16(18)9-10-27-19/h3-10,15,27H,1-2,11-12H2,(H2,26,30)(H,28,31). The SMILES string of the molecule is NC(=O)c1ccc(N2CCCC(NC(=O)c3ccc(C(F)(F)F)cc3)C2)c2cc[nH]c12. The molecule has 0 spiro atoms. The first-order valence-corrected chi connectivity index (χ1v) is 9.87. The summed E-state index contributed by atoms with van der Waals surface area (Å²) in [5.41, 5.74) is 6.85. The molecule has 6 nitrogen and oxygen atoms in total. The first-order valence-electron chi connectivity index (χ1n) is 9.87. The number of halogens is 3. The minimum atomic E-state index is -4.44. The molecule has 0 aliphatic carbocycles. The molecule has 2 aromatic carbocycles. The number of fused-ring (bicyclic) bond motifs is 1. The van der Waals surface area contributed by atoms with Crippen molar-refractivity contribution in [3.8, 4) is 0 Å². The number of hydrogen-bond donors (Lipinski definition) is 3. The lowest BCUT2D eigenvalue weighted by molar-refractivity contribution is -0.137. The molecule has 2 amide bonds. The Labute approximate surface area is 176 Å². The summed E-state index contributed by atoms with van der Waals surface area (Å²) in [6, 6.07) is 9.43. The zero-order valence-electron chi connectivity index (χ0n) is 16.5. The first kappa shape index (κ1) is 20.8. The van der Waals surface area contributed by atoms with Crippen LogP contribution in [0.5, 0.6) is 0 Å². The molecular weight excluding hydrogens is 409 g/mol. The largest absolute Gasteiger partial charge is 0.416 e. The number of rotatable bonds is 4. The lowest BCUT2D eigenvalue weighted by Crippen LogP contribution is -2.47. The summed E-state index contributed by atoms with van der Waals surface area (Å²) in [7, 11) is 0. The van der Waals surface area contributed by atoms with Crippen LogP contribution in [-0.4, -0.2) is 35.9 Å². The van der Waals surface area contributed by atoms with Gasteiger partial charge in [0.2, 0.25) is 0 Å². The fraction of sp³-hybridized carbons (Fsp3) is 0.273. The molecule has 0 radical (unpaired) electrons. The van der Waals surface area contributed by atoms with E-state index in [4.69, 9.17) is 5.73 Å². The van der Waals surface area contributed by atoms with Crippen LogP contribution in [0.4, 0.5) is 18.9 Å². The van der Waals surface area contributed by atoms with Gasteiger partial charge in [-0.25, -0.2) is 0 Å². The Balaban J connectivity index is 1.49. The number of anilines is 1. The van der Waals surface area contributed by atoms with Crippen LogP contribution < -0.4 is 16.0 Å². The number of aromatic nitrogens is 1. The van der Waals surface area contributed by atoms with E-state index in [-0.39, 0.29) is 11.6 Å². The molecule has 1 aromatic heterocycles. The second-order valence-corrected chi connectivity index (χ2v) is 7.60. The molecule has 1 fully saturated rings. The van der Waals surface area contributed by atoms with Gasteiger partial charge in [0, 0.05) is 42.0 Å². The number of H-pyrrole nitrogens is 1. The fourth-order valence-corrected chi connectivity index (χ4v) is 4.02. The molecule has 0 bridgehead atoms. The number of nitrogens with zero attached hydrogens (tertiary/aromatic N) is 1. The number of primary amides is 1. The van der Waals surface area contributed by atoms with Crippen molar-refractivity contribution in [1.82, 2.24) is 10.3 Å². The molecule has 1 unspecified atom stereocenters.